The highest BCUT2D eigenvalue weighted by molar-refractivity contribution is 7.98. The van der Waals surface area contributed by atoms with Gasteiger partial charge in [0.2, 0.25) is 0 Å². The third-order valence-corrected chi connectivity index (χ3v) is 7.33. The van der Waals surface area contributed by atoms with Crippen LogP contribution in [0, 0.1) is 0 Å². The standard InChI is InChI=1S/C25H25F3N6OS2/c1-3-11-33(12-4-2)23(35)20-15-36-21(30-20)16-37-24-32-31-22(17-7-6-10-29-14-17)34(24)19-9-5-8-18(13-19)25(26,27)28/h5-10,13-15H,3-4,11-12,16H2,1-2H3. The third kappa shape index (κ3) is 6.37. The van der Waals surface area contributed by atoms with Crippen molar-refractivity contribution in [3.05, 3.63) is 70.4 Å². The Morgan fingerprint density at radius 1 is 1.11 bits per heavy atom. The number of nitrogens with zero attached hydrogens (tertiary/aromatic N) is 6. The van der Waals surface area contributed by atoms with E-state index >= 15 is 0 Å². The van der Waals surface area contributed by atoms with Crippen molar-refractivity contribution in [1.29, 1.82) is 0 Å². The number of alkyl halides is 3. The lowest BCUT2D eigenvalue weighted by Crippen LogP contribution is -2.32. The highest BCUT2D eigenvalue weighted by Gasteiger charge is 2.31. The first-order valence-corrected chi connectivity index (χ1v) is 13.6. The molecule has 12 heteroatoms. The molecule has 0 aliphatic heterocycles. The molecule has 0 saturated heterocycles. The van der Waals surface area contributed by atoms with Crippen LogP contribution in [0.1, 0.15) is 47.7 Å². The van der Waals surface area contributed by atoms with Crippen LogP contribution in [0.5, 0.6) is 0 Å². The van der Waals surface area contributed by atoms with E-state index in [-0.39, 0.29) is 11.6 Å². The van der Waals surface area contributed by atoms with Gasteiger partial charge in [0.25, 0.3) is 5.91 Å². The molecule has 4 aromatic rings. The topological polar surface area (TPSA) is 76.8 Å². The molecule has 0 spiro atoms. The van der Waals surface area contributed by atoms with E-state index in [0.29, 0.717) is 46.1 Å². The molecule has 0 saturated carbocycles. The minimum Gasteiger partial charge on any atom is -0.337 e. The van der Waals surface area contributed by atoms with Gasteiger partial charge in [0.1, 0.15) is 10.7 Å². The summed E-state index contributed by atoms with van der Waals surface area (Å²) in [7, 11) is 0. The minimum absolute atomic E-state index is 0.0952. The predicted octanol–water partition coefficient (Wildman–Crippen LogP) is 6.36. The first-order valence-electron chi connectivity index (χ1n) is 11.7. The molecule has 194 valence electrons. The molecule has 7 nitrogen and oxygen atoms in total. The molecule has 1 amide bonds. The van der Waals surface area contributed by atoms with Crippen LogP contribution < -0.4 is 0 Å². The van der Waals surface area contributed by atoms with Gasteiger partial charge in [-0.25, -0.2) is 4.98 Å². The molecule has 0 N–H and O–H groups in total. The molecule has 0 radical (unpaired) electrons. The van der Waals surface area contributed by atoms with Crippen LogP contribution in [0.25, 0.3) is 17.1 Å². The Balaban J connectivity index is 1.62. The molecule has 37 heavy (non-hydrogen) atoms. The van der Waals surface area contributed by atoms with Gasteiger partial charge in [0.05, 0.1) is 17.0 Å². The van der Waals surface area contributed by atoms with Gasteiger partial charge in [-0.3, -0.25) is 14.3 Å². The minimum atomic E-state index is -4.49. The second-order valence-electron chi connectivity index (χ2n) is 8.14. The van der Waals surface area contributed by atoms with Crippen molar-refractivity contribution in [2.24, 2.45) is 0 Å². The summed E-state index contributed by atoms with van der Waals surface area (Å²) in [6.07, 6.45) is 0.429. The summed E-state index contributed by atoms with van der Waals surface area (Å²) >= 11 is 2.65. The molecule has 0 bridgehead atoms. The van der Waals surface area contributed by atoms with Gasteiger partial charge < -0.3 is 4.90 Å². The number of aromatic nitrogens is 5. The molecule has 1 aromatic carbocycles. The van der Waals surface area contributed by atoms with Crippen molar-refractivity contribution in [2.45, 2.75) is 43.8 Å². The van der Waals surface area contributed by atoms with Crippen LogP contribution >= 0.6 is 23.1 Å². The van der Waals surface area contributed by atoms with Gasteiger partial charge in [-0.1, -0.05) is 31.7 Å². The summed E-state index contributed by atoms with van der Waals surface area (Å²) in [6.45, 7) is 5.40. The number of pyridine rings is 1. The van der Waals surface area contributed by atoms with Crippen molar-refractivity contribution < 1.29 is 18.0 Å². The molecule has 0 aliphatic rings. The third-order valence-electron chi connectivity index (χ3n) is 5.35. The molecular weight excluding hydrogens is 521 g/mol. The molecular formula is C25H25F3N6OS2. The number of thioether (sulfide) groups is 1. The highest BCUT2D eigenvalue weighted by Crippen LogP contribution is 2.34. The van der Waals surface area contributed by atoms with Crippen molar-refractivity contribution in [3.8, 4) is 17.1 Å². The zero-order chi connectivity index (χ0) is 26.4. The van der Waals surface area contributed by atoms with Gasteiger partial charge in [-0.2, -0.15) is 13.2 Å². The largest absolute Gasteiger partial charge is 0.416 e. The van der Waals surface area contributed by atoms with Gasteiger partial charge in [-0.15, -0.1) is 21.5 Å². The van der Waals surface area contributed by atoms with E-state index < -0.39 is 11.7 Å². The Bertz CT molecular complexity index is 1330. The van der Waals surface area contributed by atoms with Gasteiger partial charge in [0.15, 0.2) is 11.0 Å². The smallest absolute Gasteiger partial charge is 0.337 e. The van der Waals surface area contributed by atoms with Crippen molar-refractivity contribution in [1.82, 2.24) is 29.6 Å². The summed E-state index contributed by atoms with van der Waals surface area (Å²) in [5.41, 5.74) is 0.538. The highest BCUT2D eigenvalue weighted by atomic mass is 32.2. The van der Waals surface area contributed by atoms with Crippen LogP contribution in [-0.4, -0.2) is 48.6 Å². The maximum absolute atomic E-state index is 13.4. The van der Waals surface area contributed by atoms with Crippen molar-refractivity contribution in [3.63, 3.8) is 0 Å². The number of carbonyl (C=O) groups excluding carboxylic acids is 1. The average Bonchev–Trinajstić information content (AvgIpc) is 3.54. The van der Waals surface area contributed by atoms with Crippen LogP contribution in [0.3, 0.4) is 0 Å². The lowest BCUT2D eigenvalue weighted by Gasteiger charge is -2.20. The quantitative estimate of drug-likeness (QED) is 0.216. The Hall–Kier alpha value is -3.25. The Labute approximate surface area is 220 Å². The Morgan fingerprint density at radius 3 is 2.57 bits per heavy atom. The first kappa shape index (κ1) is 26.8. The fourth-order valence-corrected chi connectivity index (χ4v) is 5.46. The first-order chi connectivity index (χ1) is 17.8. The van der Waals surface area contributed by atoms with Crippen LogP contribution in [-0.2, 0) is 11.9 Å². The summed E-state index contributed by atoms with van der Waals surface area (Å²) < 4.78 is 41.9. The summed E-state index contributed by atoms with van der Waals surface area (Å²) in [6, 6.07) is 8.53. The fraction of sp³-hybridized carbons (Fsp3) is 0.320. The van der Waals surface area contributed by atoms with E-state index in [1.165, 1.54) is 29.2 Å². The Morgan fingerprint density at radius 2 is 1.89 bits per heavy atom. The summed E-state index contributed by atoms with van der Waals surface area (Å²) in [4.78, 5) is 23.3. The maximum atomic E-state index is 13.4. The molecule has 3 aromatic heterocycles. The summed E-state index contributed by atoms with van der Waals surface area (Å²) in [5, 5.41) is 11.4. The maximum Gasteiger partial charge on any atom is 0.416 e. The number of hydrogen-bond donors (Lipinski definition) is 0. The van der Waals surface area contributed by atoms with E-state index in [9.17, 15) is 18.0 Å². The van der Waals surface area contributed by atoms with Crippen LogP contribution in [0.4, 0.5) is 13.2 Å². The van der Waals surface area contributed by atoms with Crippen LogP contribution in [0.15, 0.2) is 59.3 Å². The van der Waals surface area contributed by atoms with Crippen molar-refractivity contribution >= 4 is 29.0 Å². The zero-order valence-corrected chi connectivity index (χ0v) is 21.9. The van der Waals surface area contributed by atoms with Gasteiger partial charge >= 0.3 is 6.18 Å². The van der Waals surface area contributed by atoms with E-state index in [0.717, 1.165) is 25.0 Å². The number of amides is 1. The molecule has 0 fully saturated rings. The molecule has 3 heterocycles. The zero-order valence-electron chi connectivity index (χ0n) is 20.3. The lowest BCUT2D eigenvalue weighted by molar-refractivity contribution is -0.137. The second kappa shape index (κ2) is 11.9. The van der Waals surface area contributed by atoms with E-state index in [1.54, 1.807) is 45.4 Å². The van der Waals surface area contributed by atoms with Gasteiger partial charge in [-0.05, 0) is 43.2 Å². The fourth-order valence-electron chi connectivity index (χ4n) is 3.72. The SMILES string of the molecule is CCCN(CCC)C(=O)c1csc(CSc2nnc(-c3cccnc3)n2-c2cccc(C(F)(F)F)c2)n1. The number of hydrogen-bond acceptors (Lipinski definition) is 7. The molecule has 0 atom stereocenters. The van der Waals surface area contributed by atoms with Crippen molar-refractivity contribution in [2.75, 3.05) is 13.1 Å². The van der Waals surface area contributed by atoms with E-state index in [4.69, 9.17) is 0 Å². The monoisotopic (exact) mass is 546 g/mol. The van der Waals surface area contributed by atoms with E-state index in [1.807, 2.05) is 13.8 Å². The number of thiazole rings is 1. The van der Waals surface area contributed by atoms with Crippen LogP contribution in [0.2, 0.25) is 0 Å². The number of carbonyl (C=O) groups is 1. The number of halogens is 3. The van der Waals surface area contributed by atoms with Gasteiger partial charge in [0, 0.05) is 36.4 Å². The molecule has 0 aliphatic carbocycles. The number of benzene rings is 1. The molecule has 4 rings (SSSR count). The predicted molar refractivity (Wildman–Crippen MR) is 138 cm³/mol. The van der Waals surface area contributed by atoms with E-state index in [2.05, 4.69) is 20.2 Å². The molecule has 0 unspecified atom stereocenters. The summed E-state index contributed by atoms with van der Waals surface area (Å²) in [5.74, 6) is 0.658. The lowest BCUT2D eigenvalue weighted by atomic mass is 10.2. The second-order valence-corrected chi connectivity index (χ2v) is 10.0. The average molecular weight is 547 g/mol. The Kier molecular flexibility index (Phi) is 8.59. The number of rotatable bonds is 10. The normalized spacial score (nSPS) is 11.6.